The lowest BCUT2D eigenvalue weighted by molar-refractivity contribution is -0.154. The molecule has 0 radical (unpaired) electrons. The van der Waals surface area contributed by atoms with Gasteiger partial charge in [0.25, 0.3) is 0 Å². The Bertz CT molecular complexity index is 1660. The van der Waals surface area contributed by atoms with Crippen LogP contribution in [0.3, 0.4) is 0 Å². The highest BCUT2D eigenvalue weighted by Crippen LogP contribution is 2.57. The highest BCUT2D eigenvalue weighted by atomic mass is 16.6. The fourth-order valence-electron chi connectivity index (χ4n) is 5.82. The molecule has 0 saturated heterocycles. The van der Waals surface area contributed by atoms with Crippen LogP contribution in [-0.2, 0) is 43.5 Å². The van der Waals surface area contributed by atoms with Gasteiger partial charge in [-0.2, -0.15) is 0 Å². The average molecular weight is 647 g/mol. The Morgan fingerprint density at radius 1 is 0.702 bits per heavy atom. The van der Waals surface area contributed by atoms with Crippen molar-refractivity contribution in [1.29, 1.82) is 0 Å². The molecule has 1 atom stereocenters. The van der Waals surface area contributed by atoms with E-state index in [1.807, 2.05) is 36.4 Å². The first-order valence-electron chi connectivity index (χ1n) is 15.6. The third-order valence-corrected chi connectivity index (χ3v) is 8.23. The molecule has 10 heteroatoms. The van der Waals surface area contributed by atoms with E-state index in [0.29, 0.717) is 24.3 Å². The lowest BCUT2D eigenvalue weighted by Crippen LogP contribution is -2.29. The van der Waals surface area contributed by atoms with Gasteiger partial charge >= 0.3 is 23.9 Å². The van der Waals surface area contributed by atoms with Crippen LogP contribution in [0.4, 0.5) is 0 Å². The van der Waals surface area contributed by atoms with E-state index < -0.39 is 23.3 Å². The molecule has 0 aliphatic heterocycles. The SMILES string of the molecule is C=C(C)C(=O)OCCOC(=O)CCC1(CCC(=O)OCCOC(=O)C(C)C)c2cc(OC)c(OC)cc2-c2cc3ccccc3cc21. The highest BCUT2D eigenvalue weighted by molar-refractivity contribution is 5.94. The standard InChI is InChI=1S/C37H42O10/c1-23(2)35(40)46-17-15-44-33(38)11-13-37(14-12-34(39)45-16-18-47-36(41)24(3)4)29-20-26-10-8-7-9-25(26)19-27(29)28-21-31(42-5)32(43-6)22-30(28)37/h7-10,19-22,24H,1,11-18H2,2-6H3. The number of ether oxygens (including phenoxy) is 6. The summed E-state index contributed by atoms with van der Waals surface area (Å²) in [7, 11) is 3.13. The molecule has 1 unspecified atom stereocenters. The minimum Gasteiger partial charge on any atom is -0.493 e. The monoisotopic (exact) mass is 646 g/mol. The second-order valence-corrected chi connectivity index (χ2v) is 11.8. The number of fused-ring (bicyclic) bond motifs is 4. The molecular weight excluding hydrogens is 604 g/mol. The Labute approximate surface area is 274 Å². The van der Waals surface area contributed by atoms with Gasteiger partial charge in [0, 0.05) is 23.8 Å². The number of carbonyl (C=O) groups excluding carboxylic acids is 4. The normalized spacial score (nSPS) is 14.6. The molecule has 0 N–H and O–H groups in total. The molecular formula is C37H42O10. The number of hydrogen-bond acceptors (Lipinski definition) is 10. The minimum absolute atomic E-state index is 0.0225. The van der Waals surface area contributed by atoms with Gasteiger partial charge in [0.1, 0.15) is 26.4 Å². The van der Waals surface area contributed by atoms with Crippen molar-refractivity contribution < 1.29 is 47.6 Å². The van der Waals surface area contributed by atoms with Crippen LogP contribution < -0.4 is 9.47 Å². The van der Waals surface area contributed by atoms with Crippen molar-refractivity contribution >= 4 is 34.6 Å². The van der Waals surface area contributed by atoms with E-state index in [2.05, 4.69) is 18.7 Å². The molecule has 4 rings (SSSR count). The molecule has 0 heterocycles. The van der Waals surface area contributed by atoms with Crippen molar-refractivity contribution in [2.45, 2.75) is 51.9 Å². The van der Waals surface area contributed by atoms with Gasteiger partial charge in [-0.1, -0.05) is 44.7 Å². The van der Waals surface area contributed by atoms with Crippen LogP contribution in [-0.4, -0.2) is 64.5 Å². The third kappa shape index (κ3) is 8.11. The van der Waals surface area contributed by atoms with Crippen molar-refractivity contribution in [3.63, 3.8) is 0 Å². The average Bonchev–Trinajstić information content (AvgIpc) is 3.32. The smallest absolute Gasteiger partial charge is 0.333 e. The summed E-state index contributed by atoms with van der Waals surface area (Å²) in [6.07, 6.45) is 0.679. The third-order valence-electron chi connectivity index (χ3n) is 8.23. The number of hydrogen-bond donors (Lipinski definition) is 0. The quantitative estimate of drug-likeness (QED) is 0.0782. The number of esters is 4. The van der Waals surface area contributed by atoms with Crippen molar-refractivity contribution in [1.82, 2.24) is 0 Å². The van der Waals surface area contributed by atoms with Crippen LogP contribution in [0.15, 0.2) is 60.7 Å². The van der Waals surface area contributed by atoms with Gasteiger partial charge in [0.15, 0.2) is 11.5 Å². The predicted octanol–water partition coefficient (Wildman–Crippen LogP) is 6.09. The van der Waals surface area contributed by atoms with Gasteiger partial charge in [-0.3, -0.25) is 14.4 Å². The van der Waals surface area contributed by atoms with Crippen molar-refractivity contribution in [3.05, 3.63) is 71.8 Å². The van der Waals surface area contributed by atoms with Gasteiger partial charge in [-0.15, -0.1) is 0 Å². The van der Waals surface area contributed by atoms with E-state index in [9.17, 15) is 19.2 Å². The lowest BCUT2D eigenvalue weighted by atomic mass is 9.71. The fraction of sp³-hybridized carbons (Fsp3) is 0.405. The molecule has 3 aromatic carbocycles. The maximum atomic E-state index is 13.0. The van der Waals surface area contributed by atoms with E-state index in [4.69, 9.17) is 28.4 Å². The van der Waals surface area contributed by atoms with Crippen LogP contribution in [0, 0.1) is 5.92 Å². The summed E-state index contributed by atoms with van der Waals surface area (Å²) in [6.45, 7) is 8.26. The summed E-state index contributed by atoms with van der Waals surface area (Å²) in [5.74, 6) is -1.05. The van der Waals surface area contributed by atoms with Crippen LogP contribution in [0.5, 0.6) is 11.5 Å². The molecule has 0 amide bonds. The Morgan fingerprint density at radius 3 is 1.74 bits per heavy atom. The summed E-state index contributed by atoms with van der Waals surface area (Å²) in [6, 6.07) is 16.1. The summed E-state index contributed by atoms with van der Waals surface area (Å²) in [5.41, 5.74) is 3.19. The van der Waals surface area contributed by atoms with Gasteiger partial charge in [-0.05, 0) is 77.1 Å². The van der Waals surface area contributed by atoms with Crippen LogP contribution in [0.2, 0.25) is 0 Å². The number of carbonyl (C=O) groups is 4. The molecule has 0 aromatic heterocycles. The van der Waals surface area contributed by atoms with Crippen molar-refractivity contribution in [3.8, 4) is 22.6 Å². The van der Waals surface area contributed by atoms with E-state index in [0.717, 1.165) is 33.0 Å². The van der Waals surface area contributed by atoms with E-state index in [1.165, 1.54) is 6.92 Å². The van der Waals surface area contributed by atoms with Crippen molar-refractivity contribution in [2.24, 2.45) is 5.92 Å². The minimum atomic E-state index is -0.803. The maximum Gasteiger partial charge on any atom is 0.333 e. The van der Waals surface area contributed by atoms with Crippen LogP contribution >= 0.6 is 0 Å². The summed E-state index contributed by atoms with van der Waals surface area (Å²) in [5, 5.41) is 2.06. The molecule has 47 heavy (non-hydrogen) atoms. The summed E-state index contributed by atoms with van der Waals surface area (Å²) < 4.78 is 32.4. The number of rotatable bonds is 16. The second-order valence-electron chi connectivity index (χ2n) is 11.8. The second kappa shape index (κ2) is 15.6. The largest absolute Gasteiger partial charge is 0.493 e. The highest BCUT2D eigenvalue weighted by Gasteiger charge is 2.44. The summed E-state index contributed by atoms with van der Waals surface area (Å²) >= 11 is 0. The molecule has 1 aliphatic carbocycles. The Hall–Kier alpha value is -4.86. The molecule has 0 saturated carbocycles. The number of benzene rings is 3. The first-order valence-corrected chi connectivity index (χ1v) is 15.6. The van der Waals surface area contributed by atoms with Gasteiger partial charge in [0.05, 0.1) is 20.1 Å². The zero-order valence-electron chi connectivity index (χ0n) is 27.6. The Balaban J connectivity index is 1.65. The predicted molar refractivity (Wildman–Crippen MR) is 175 cm³/mol. The van der Waals surface area contributed by atoms with Gasteiger partial charge < -0.3 is 28.4 Å². The fourth-order valence-corrected chi connectivity index (χ4v) is 5.82. The van der Waals surface area contributed by atoms with Gasteiger partial charge in [0.2, 0.25) is 0 Å². The molecule has 0 bridgehead atoms. The first-order chi connectivity index (χ1) is 22.5. The topological polar surface area (TPSA) is 124 Å². The van der Waals surface area contributed by atoms with E-state index >= 15 is 0 Å². The Morgan fingerprint density at radius 2 is 1.19 bits per heavy atom. The molecule has 10 nitrogen and oxygen atoms in total. The first kappa shape index (κ1) is 35.0. The molecule has 3 aromatic rings. The molecule has 0 fully saturated rings. The Kier molecular flexibility index (Phi) is 11.6. The lowest BCUT2D eigenvalue weighted by Gasteiger charge is -2.32. The zero-order valence-corrected chi connectivity index (χ0v) is 27.6. The molecule has 250 valence electrons. The van der Waals surface area contributed by atoms with Gasteiger partial charge in [-0.25, -0.2) is 4.79 Å². The zero-order chi connectivity index (χ0) is 34.1. The van der Waals surface area contributed by atoms with Crippen LogP contribution in [0.1, 0.15) is 57.6 Å². The van der Waals surface area contributed by atoms with Crippen LogP contribution in [0.25, 0.3) is 21.9 Å². The summed E-state index contributed by atoms with van der Waals surface area (Å²) in [4.78, 5) is 49.5. The van der Waals surface area contributed by atoms with E-state index in [1.54, 1.807) is 28.1 Å². The number of methoxy groups -OCH3 is 2. The maximum absolute atomic E-state index is 13.0. The van der Waals surface area contributed by atoms with E-state index in [-0.39, 0.29) is 56.7 Å². The molecule has 0 spiro atoms. The molecule has 1 aliphatic rings. The van der Waals surface area contributed by atoms with Crippen molar-refractivity contribution in [2.75, 3.05) is 40.6 Å².